The summed E-state index contributed by atoms with van der Waals surface area (Å²) >= 11 is 0. The van der Waals surface area contributed by atoms with Crippen molar-refractivity contribution in [3.05, 3.63) is 96.1 Å². The number of fused-ring (bicyclic) bond motifs is 1. The average molecular weight is 483 g/mol. The summed E-state index contributed by atoms with van der Waals surface area (Å²) in [6, 6.07) is 24.4. The highest BCUT2D eigenvalue weighted by molar-refractivity contribution is 6.28. The molecule has 2 aliphatic rings. The molecule has 2 aliphatic heterocycles. The zero-order valence-electron chi connectivity index (χ0n) is 20.3. The van der Waals surface area contributed by atoms with E-state index in [2.05, 4.69) is 0 Å². The fourth-order valence-electron chi connectivity index (χ4n) is 5.23. The number of amides is 4. The highest BCUT2D eigenvalue weighted by atomic mass is 16.6. The number of carbonyl (C=O) groups is 4. The van der Waals surface area contributed by atoms with Crippen LogP contribution < -0.4 is 9.80 Å². The highest BCUT2D eigenvalue weighted by Crippen LogP contribution is 2.54. The van der Waals surface area contributed by atoms with Crippen molar-refractivity contribution in [1.29, 1.82) is 0 Å². The first-order chi connectivity index (χ1) is 17.2. The van der Waals surface area contributed by atoms with Crippen LogP contribution in [0.3, 0.4) is 0 Å². The van der Waals surface area contributed by atoms with Gasteiger partial charge in [-0.3, -0.25) is 19.3 Å². The number of carbonyl (C=O) groups excluding carboxylic acids is 4. The van der Waals surface area contributed by atoms with E-state index < -0.39 is 40.7 Å². The minimum absolute atomic E-state index is 0.176. The summed E-state index contributed by atoms with van der Waals surface area (Å²) in [6.07, 6.45) is -1.00. The predicted octanol–water partition coefficient (Wildman–Crippen LogP) is 4.83. The lowest BCUT2D eigenvalue weighted by Gasteiger charge is -2.33. The van der Waals surface area contributed by atoms with E-state index in [1.165, 1.54) is 0 Å². The van der Waals surface area contributed by atoms with Crippen molar-refractivity contribution < 1.29 is 23.9 Å². The number of anilines is 2. The summed E-state index contributed by atoms with van der Waals surface area (Å²) in [5, 5.41) is 0. The Balaban J connectivity index is 1.72. The quantitative estimate of drug-likeness (QED) is 0.499. The van der Waals surface area contributed by atoms with Gasteiger partial charge in [-0.2, -0.15) is 0 Å². The number of hydrogen-bond acceptors (Lipinski definition) is 5. The van der Waals surface area contributed by atoms with Crippen molar-refractivity contribution in [3.8, 4) is 0 Å². The Kier molecular flexibility index (Phi) is 5.51. The van der Waals surface area contributed by atoms with Crippen molar-refractivity contribution in [2.45, 2.75) is 38.2 Å². The van der Waals surface area contributed by atoms with Gasteiger partial charge in [0, 0.05) is 6.42 Å². The van der Waals surface area contributed by atoms with Crippen LogP contribution in [0.2, 0.25) is 0 Å². The monoisotopic (exact) mass is 482 g/mol. The fraction of sp³-hybridized carbons (Fsp3) is 0.241. The van der Waals surface area contributed by atoms with Crippen molar-refractivity contribution >= 4 is 35.2 Å². The third-order valence-corrected chi connectivity index (χ3v) is 6.60. The van der Waals surface area contributed by atoms with E-state index in [9.17, 15) is 19.2 Å². The molecule has 182 valence electrons. The molecular weight excluding hydrogens is 456 g/mol. The van der Waals surface area contributed by atoms with Crippen LogP contribution in [0.5, 0.6) is 0 Å². The number of imide groups is 2. The van der Waals surface area contributed by atoms with Gasteiger partial charge in [0.1, 0.15) is 11.0 Å². The van der Waals surface area contributed by atoms with Gasteiger partial charge in [-0.1, -0.05) is 66.7 Å². The van der Waals surface area contributed by atoms with Crippen molar-refractivity contribution in [2.75, 3.05) is 9.80 Å². The minimum Gasteiger partial charge on any atom is -0.443 e. The molecule has 1 fully saturated rings. The Hall–Kier alpha value is -4.26. The number of hydrogen-bond donors (Lipinski definition) is 0. The Labute approximate surface area is 209 Å². The second-order valence-electron chi connectivity index (χ2n) is 9.97. The molecule has 36 heavy (non-hydrogen) atoms. The van der Waals surface area contributed by atoms with Crippen LogP contribution >= 0.6 is 0 Å². The summed E-state index contributed by atoms with van der Waals surface area (Å²) in [5.41, 5.74) is -0.596. The first-order valence-electron chi connectivity index (χ1n) is 11.8. The summed E-state index contributed by atoms with van der Waals surface area (Å²) < 4.78 is 5.58. The molecule has 3 aromatic rings. The lowest BCUT2D eigenvalue weighted by atomic mass is 9.65. The summed E-state index contributed by atoms with van der Waals surface area (Å²) in [7, 11) is 0. The minimum atomic E-state index is -1.58. The van der Waals surface area contributed by atoms with Crippen LogP contribution in [-0.2, 0) is 24.5 Å². The summed E-state index contributed by atoms with van der Waals surface area (Å²) in [4.78, 5) is 57.1. The fourth-order valence-corrected chi connectivity index (χ4v) is 5.23. The third-order valence-electron chi connectivity index (χ3n) is 6.60. The van der Waals surface area contributed by atoms with E-state index in [1.807, 2.05) is 6.07 Å². The third kappa shape index (κ3) is 3.50. The molecule has 0 saturated carbocycles. The molecule has 7 heteroatoms. The molecule has 3 aromatic carbocycles. The first kappa shape index (κ1) is 23.5. The van der Waals surface area contributed by atoms with Gasteiger partial charge in [0.15, 0.2) is 0 Å². The second kappa shape index (κ2) is 8.45. The maximum absolute atomic E-state index is 14.4. The van der Waals surface area contributed by atoms with Gasteiger partial charge in [0.25, 0.3) is 5.91 Å². The van der Waals surface area contributed by atoms with Gasteiger partial charge in [-0.05, 0) is 50.1 Å². The van der Waals surface area contributed by atoms with Crippen LogP contribution in [0.25, 0.3) is 0 Å². The molecule has 0 radical (unpaired) electrons. The first-order valence-corrected chi connectivity index (χ1v) is 11.8. The molecule has 4 amide bonds. The van der Waals surface area contributed by atoms with Crippen LogP contribution in [0.1, 0.15) is 38.3 Å². The van der Waals surface area contributed by atoms with E-state index >= 15 is 0 Å². The van der Waals surface area contributed by atoms with E-state index in [4.69, 9.17) is 4.74 Å². The van der Waals surface area contributed by atoms with Crippen molar-refractivity contribution in [1.82, 2.24) is 0 Å². The second-order valence-corrected chi connectivity index (χ2v) is 9.97. The lowest BCUT2D eigenvalue weighted by Crippen LogP contribution is -2.51. The lowest BCUT2D eigenvalue weighted by molar-refractivity contribution is -0.130. The number of para-hydroxylation sites is 2. The van der Waals surface area contributed by atoms with E-state index in [0.29, 0.717) is 22.5 Å². The van der Waals surface area contributed by atoms with Crippen molar-refractivity contribution in [3.63, 3.8) is 0 Å². The normalized spacial score (nSPS) is 21.6. The number of nitrogens with zero attached hydrogens (tertiary/aromatic N) is 2. The van der Waals surface area contributed by atoms with E-state index in [1.54, 1.807) is 99.6 Å². The summed E-state index contributed by atoms with van der Waals surface area (Å²) in [5.74, 6) is -2.53. The van der Waals surface area contributed by atoms with E-state index in [0.717, 1.165) is 9.80 Å². The Morgan fingerprint density at radius 1 is 0.861 bits per heavy atom. The Bertz CT molecular complexity index is 1360. The predicted molar refractivity (Wildman–Crippen MR) is 134 cm³/mol. The van der Waals surface area contributed by atoms with Gasteiger partial charge in [0.05, 0.1) is 17.3 Å². The Morgan fingerprint density at radius 2 is 1.44 bits per heavy atom. The van der Waals surface area contributed by atoms with Crippen molar-refractivity contribution in [2.24, 2.45) is 5.92 Å². The smallest absolute Gasteiger partial charge is 0.421 e. The van der Waals surface area contributed by atoms with Gasteiger partial charge >= 0.3 is 6.09 Å². The van der Waals surface area contributed by atoms with Crippen LogP contribution in [0.4, 0.5) is 16.2 Å². The van der Waals surface area contributed by atoms with Crippen LogP contribution in [-0.4, -0.2) is 29.4 Å². The summed E-state index contributed by atoms with van der Waals surface area (Å²) in [6.45, 7) is 5.16. The molecule has 0 N–H and O–H groups in total. The largest absolute Gasteiger partial charge is 0.443 e. The topological polar surface area (TPSA) is 84.0 Å². The number of benzene rings is 3. The standard InChI is InChI=1S/C29H26N2O5/c1-28(2,3)36-27(35)31-23-17-11-10-16-21(23)29(26(31)34,19-12-6-4-7-13-19)22-18-24(32)30(25(22)33)20-14-8-5-9-15-20/h4-17,22H,18H2,1-3H3/t22-,29-/m1/s1. The maximum Gasteiger partial charge on any atom is 0.421 e. The zero-order valence-corrected chi connectivity index (χ0v) is 20.3. The van der Waals surface area contributed by atoms with Gasteiger partial charge in [-0.25, -0.2) is 9.69 Å². The number of rotatable bonds is 3. The van der Waals surface area contributed by atoms with E-state index in [-0.39, 0.29) is 6.42 Å². The SMILES string of the molecule is CC(C)(C)OC(=O)N1C(=O)[C@@](c2ccccc2)([C@@H]2CC(=O)N(c3ccccc3)C2=O)c2ccccc21. The molecule has 0 aromatic heterocycles. The van der Waals surface area contributed by atoms with Crippen LogP contribution in [0.15, 0.2) is 84.9 Å². The molecule has 0 bridgehead atoms. The molecule has 0 aliphatic carbocycles. The molecule has 2 heterocycles. The van der Waals surface area contributed by atoms with Gasteiger partial charge in [0.2, 0.25) is 11.8 Å². The Morgan fingerprint density at radius 3 is 2.08 bits per heavy atom. The van der Waals surface area contributed by atoms with Gasteiger partial charge < -0.3 is 4.74 Å². The molecule has 0 unspecified atom stereocenters. The van der Waals surface area contributed by atoms with Crippen LogP contribution in [0, 0.1) is 5.92 Å². The number of ether oxygens (including phenoxy) is 1. The molecular formula is C29H26N2O5. The molecule has 0 spiro atoms. The molecule has 2 atom stereocenters. The van der Waals surface area contributed by atoms with Gasteiger partial charge in [-0.15, -0.1) is 0 Å². The highest BCUT2D eigenvalue weighted by Gasteiger charge is 2.64. The molecule has 7 nitrogen and oxygen atoms in total. The zero-order chi connectivity index (χ0) is 25.7. The average Bonchev–Trinajstić information content (AvgIpc) is 3.29. The molecule has 1 saturated heterocycles. The maximum atomic E-state index is 14.4. The molecule has 5 rings (SSSR count).